The van der Waals surface area contributed by atoms with Crippen molar-refractivity contribution in [2.45, 2.75) is 6.92 Å². The van der Waals surface area contributed by atoms with Crippen LogP contribution in [0.2, 0.25) is 0 Å². The molecular weight excluding hydrogens is 296 g/mol. The third-order valence-electron chi connectivity index (χ3n) is 3.49. The van der Waals surface area contributed by atoms with Gasteiger partial charge in [-0.3, -0.25) is 4.79 Å². The van der Waals surface area contributed by atoms with Crippen molar-refractivity contribution in [3.05, 3.63) is 29.5 Å². The summed E-state index contributed by atoms with van der Waals surface area (Å²) >= 11 is 0. The highest BCUT2D eigenvalue weighted by molar-refractivity contribution is 6.04. The van der Waals surface area contributed by atoms with Gasteiger partial charge >= 0.3 is 0 Å². The zero-order valence-corrected chi connectivity index (χ0v) is 13.7. The second-order valence-electron chi connectivity index (χ2n) is 5.23. The summed E-state index contributed by atoms with van der Waals surface area (Å²) in [6.07, 6.45) is 0. The summed E-state index contributed by atoms with van der Waals surface area (Å²) < 4.78 is 10.2. The number of nitrogens with zero attached hydrogens (tertiary/aromatic N) is 3. The minimum atomic E-state index is -0.205. The average Bonchev–Trinajstić information content (AvgIpc) is 2.54. The van der Waals surface area contributed by atoms with Crippen molar-refractivity contribution >= 4 is 22.8 Å². The van der Waals surface area contributed by atoms with Crippen LogP contribution in [0.25, 0.3) is 10.9 Å². The smallest absolute Gasteiger partial charge is 0.273 e. The fourth-order valence-corrected chi connectivity index (χ4v) is 2.29. The van der Waals surface area contributed by atoms with Gasteiger partial charge in [-0.05, 0) is 19.1 Å². The van der Waals surface area contributed by atoms with Crippen molar-refractivity contribution in [3.63, 3.8) is 0 Å². The molecule has 0 atom stereocenters. The topological polar surface area (TPSA) is 90.6 Å². The highest BCUT2D eigenvalue weighted by Gasteiger charge is 2.20. The van der Waals surface area contributed by atoms with Crippen LogP contribution < -0.4 is 5.73 Å². The molecule has 1 heterocycles. The van der Waals surface area contributed by atoms with Crippen molar-refractivity contribution in [3.8, 4) is 0 Å². The van der Waals surface area contributed by atoms with Crippen molar-refractivity contribution in [2.75, 3.05) is 46.3 Å². The second kappa shape index (κ2) is 7.85. The van der Waals surface area contributed by atoms with Gasteiger partial charge in [0.15, 0.2) is 0 Å². The molecule has 0 aliphatic heterocycles. The molecule has 0 radical (unpaired) electrons. The second-order valence-corrected chi connectivity index (χ2v) is 5.23. The minimum absolute atomic E-state index is 0.0862. The molecule has 1 aromatic carbocycles. The van der Waals surface area contributed by atoms with Crippen LogP contribution in [-0.4, -0.2) is 61.3 Å². The third kappa shape index (κ3) is 4.14. The van der Waals surface area contributed by atoms with Gasteiger partial charge in [0.05, 0.1) is 18.7 Å². The number of nitrogens with two attached hydrogens (primary N) is 1. The molecular formula is C16H22N4O3. The number of amides is 1. The maximum Gasteiger partial charge on any atom is 0.273 e. The Morgan fingerprint density at radius 2 is 1.83 bits per heavy atom. The highest BCUT2D eigenvalue weighted by Crippen LogP contribution is 2.20. The molecule has 0 spiro atoms. The lowest BCUT2D eigenvalue weighted by Crippen LogP contribution is -2.37. The van der Waals surface area contributed by atoms with Gasteiger partial charge in [0.25, 0.3) is 5.91 Å². The first-order chi connectivity index (χ1) is 11.1. The molecule has 7 heteroatoms. The van der Waals surface area contributed by atoms with Crippen LogP contribution in [0.4, 0.5) is 5.95 Å². The first-order valence-corrected chi connectivity index (χ1v) is 7.38. The largest absolute Gasteiger partial charge is 0.383 e. The number of hydrogen-bond acceptors (Lipinski definition) is 6. The van der Waals surface area contributed by atoms with Crippen LogP contribution in [0.1, 0.15) is 16.1 Å². The van der Waals surface area contributed by atoms with E-state index in [1.165, 1.54) is 0 Å². The number of nitrogen functional groups attached to an aromatic ring is 1. The number of benzene rings is 1. The minimum Gasteiger partial charge on any atom is -0.383 e. The Bertz CT molecular complexity index is 682. The van der Waals surface area contributed by atoms with Crippen LogP contribution in [0, 0.1) is 6.92 Å². The Labute approximate surface area is 135 Å². The predicted molar refractivity (Wildman–Crippen MR) is 88.3 cm³/mol. The van der Waals surface area contributed by atoms with Crippen molar-refractivity contribution in [1.82, 2.24) is 14.9 Å². The Hall–Kier alpha value is -2.25. The molecule has 0 fully saturated rings. The van der Waals surface area contributed by atoms with Gasteiger partial charge in [-0.15, -0.1) is 0 Å². The van der Waals surface area contributed by atoms with Gasteiger partial charge in [-0.25, -0.2) is 9.97 Å². The normalized spacial score (nSPS) is 10.9. The number of methoxy groups -OCH3 is 2. The lowest BCUT2D eigenvalue weighted by atomic mass is 10.1. The first kappa shape index (κ1) is 17.1. The van der Waals surface area contributed by atoms with E-state index in [-0.39, 0.29) is 11.9 Å². The summed E-state index contributed by atoms with van der Waals surface area (Å²) in [6.45, 7) is 3.74. The van der Waals surface area contributed by atoms with E-state index in [0.29, 0.717) is 42.9 Å². The molecule has 124 valence electrons. The predicted octanol–water partition coefficient (Wildman–Crippen LogP) is 1.26. The van der Waals surface area contributed by atoms with E-state index in [2.05, 4.69) is 9.97 Å². The van der Waals surface area contributed by atoms with Gasteiger partial charge in [-0.2, -0.15) is 0 Å². The van der Waals surface area contributed by atoms with Gasteiger partial charge in [-0.1, -0.05) is 11.6 Å². The van der Waals surface area contributed by atoms with E-state index < -0.39 is 0 Å². The van der Waals surface area contributed by atoms with Crippen LogP contribution in [-0.2, 0) is 9.47 Å². The number of aryl methyl sites for hydroxylation is 1. The number of anilines is 1. The fraction of sp³-hybridized carbons (Fsp3) is 0.438. The number of carbonyl (C=O) groups is 1. The molecule has 2 N–H and O–H groups in total. The molecule has 0 unspecified atom stereocenters. The molecule has 1 aromatic heterocycles. The molecule has 0 bridgehead atoms. The van der Waals surface area contributed by atoms with Gasteiger partial charge < -0.3 is 20.1 Å². The van der Waals surface area contributed by atoms with Crippen molar-refractivity contribution in [1.29, 1.82) is 0 Å². The molecule has 1 amide bonds. The summed E-state index contributed by atoms with van der Waals surface area (Å²) in [4.78, 5) is 22.9. The standard InChI is InChI=1S/C16H22N4O3/c1-11-4-5-13-12(10-11)14(19-16(17)18-13)15(21)20(6-8-22-2)7-9-23-3/h4-5,10H,6-9H2,1-3H3,(H2,17,18,19). The summed E-state index contributed by atoms with van der Waals surface area (Å²) in [5.41, 5.74) is 7.75. The Morgan fingerprint density at radius 1 is 1.17 bits per heavy atom. The molecule has 2 aromatic rings. The Morgan fingerprint density at radius 3 is 2.43 bits per heavy atom. The zero-order chi connectivity index (χ0) is 16.8. The molecule has 0 aliphatic carbocycles. The van der Waals surface area contributed by atoms with E-state index in [0.717, 1.165) is 5.56 Å². The lowest BCUT2D eigenvalue weighted by molar-refractivity contribution is 0.0624. The number of carbonyl (C=O) groups excluding carboxylic acids is 1. The van der Waals surface area contributed by atoms with Gasteiger partial charge in [0.1, 0.15) is 5.69 Å². The zero-order valence-electron chi connectivity index (χ0n) is 13.7. The summed E-state index contributed by atoms with van der Waals surface area (Å²) in [5.74, 6) is -0.119. The summed E-state index contributed by atoms with van der Waals surface area (Å²) in [5, 5.41) is 0.698. The Balaban J connectivity index is 2.42. The quantitative estimate of drug-likeness (QED) is 0.826. The number of aromatic nitrogens is 2. The maximum absolute atomic E-state index is 12.9. The summed E-state index contributed by atoms with van der Waals surface area (Å²) in [6, 6.07) is 5.66. The number of fused-ring (bicyclic) bond motifs is 1. The molecule has 7 nitrogen and oxygen atoms in total. The van der Waals surface area contributed by atoms with E-state index in [9.17, 15) is 4.79 Å². The van der Waals surface area contributed by atoms with Crippen LogP contribution in [0.15, 0.2) is 18.2 Å². The third-order valence-corrected chi connectivity index (χ3v) is 3.49. The molecule has 0 saturated heterocycles. The van der Waals surface area contributed by atoms with Crippen LogP contribution in [0.5, 0.6) is 0 Å². The number of rotatable bonds is 7. The average molecular weight is 318 g/mol. The first-order valence-electron chi connectivity index (χ1n) is 7.38. The van der Waals surface area contributed by atoms with E-state index in [1.807, 2.05) is 25.1 Å². The van der Waals surface area contributed by atoms with Crippen molar-refractivity contribution in [2.24, 2.45) is 0 Å². The monoisotopic (exact) mass is 318 g/mol. The number of ether oxygens (including phenoxy) is 2. The lowest BCUT2D eigenvalue weighted by Gasteiger charge is -2.22. The molecule has 0 saturated carbocycles. The number of hydrogen-bond donors (Lipinski definition) is 1. The van der Waals surface area contributed by atoms with Gasteiger partial charge in [0, 0.05) is 32.7 Å². The Kier molecular flexibility index (Phi) is 5.84. The molecule has 2 rings (SSSR count). The van der Waals surface area contributed by atoms with Gasteiger partial charge in [0.2, 0.25) is 5.95 Å². The fourth-order valence-electron chi connectivity index (χ4n) is 2.29. The van der Waals surface area contributed by atoms with E-state index in [1.54, 1.807) is 19.1 Å². The van der Waals surface area contributed by atoms with E-state index >= 15 is 0 Å². The highest BCUT2D eigenvalue weighted by atomic mass is 16.5. The van der Waals surface area contributed by atoms with Crippen LogP contribution >= 0.6 is 0 Å². The molecule has 0 aliphatic rings. The maximum atomic E-state index is 12.9. The SMILES string of the molecule is COCCN(CCOC)C(=O)c1nc(N)nc2ccc(C)cc12. The van der Waals surface area contributed by atoms with Crippen LogP contribution in [0.3, 0.4) is 0 Å². The van der Waals surface area contributed by atoms with E-state index in [4.69, 9.17) is 15.2 Å². The summed E-state index contributed by atoms with van der Waals surface area (Å²) in [7, 11) is 3.20. The molecule has 23 heavy (non-hydrogen) atoms. The van der Waals surface area contributed by atoms with Crippen molar-refractivity contribution < 1.29 is 14.3 Å².